The highest BCUT2D eigenvalue weighted by Crippen LogP contribution is 2.07. The number of carbonyl (C=O) groups is 1. The molecule has 1 heterocycles. The highest BCUT2D eigenvalue weighted by Gasteiger charge is 2.12. The van der Waals surface area contributed by atoms with Crippen LogP contribution in [-0.2, 0) is 17.9 Å². The number of aliphatic carboxylic acids is 1. The molecule has 0 fully saturated rings. The number of halogens is 1. The number of hydrogen-bond donors (Lipinski definition) is 2. The van der Waals surface area contributed by atoms with E-state index in [4.69, 9.17) is 5.11 Å². The summed E-state index contributed by atoms with van der Waals surface area (Å²) in [6.45, 7) is 0.944. The van der Waals surface area contributed by atoms with Crippen molar-refractivity contribution >= 4 is 5.97 Å². The Labute approximate surface area is 74.8 Å². The Hall–Kier alpha value is -1.39. The van der Waals surface area contributed by atoms with Gasteiger partial charge in [0.1, 0.15) is 12.5 Å². The molecule has 2 N–H and O–H groups in total. The molecular weight excluding hydrogens is 175 g/mol. The zero-order chi connectivity index (χ0) is 9.84. The van der Waals surface area contributed by atoms with Crippen LogP contribution in [0.4, 0.5) is 4.39 Å². The third-order valence-electron chi connectivity index (χ3n) is 1.76. The van der Waals surface area contributed by atoms with Gasteiger partial charge in [-0.2, -0.15) is 0 Å². The summed E-state index contributed by atoms with van der Waals surface area (Å²) in [6, 6.07) is 0. The number of carboxylic acid groups (broad SMARTS) is 1. The first-order valence-corrected chi connectivity index (χ1v) is 3.95. The van der Waals surface area contributed by atoms with Gasteiger partial charge < -0.3 is 10.1 Å². The lowest BCUT2D eigenvalue weighted by atomic mass is 10.1. The van der Waals surface area contributed by atoms with Gasteiger partial charge in [-0.1, -0.05) is 6.92 Å². The molecule has 1 atom stereocenters. The van der Waals surface area contributed by atoms with Crippen molar-refractivity contribution in [2.75, 3.05) is 0 Å². The maximum atomic E-state index is 12.0. The van der Waals surface area contributed by atoms with Gasteiger partial charge >= 0.3 is 5.97 Å². The van der Waals surface area contributed by atoms with E-state index in [9.17, 15) is 9.18 Å². The van der Waals surface area contributed by atoms with E-state index in [2.05, 4.69) is 9.97 Å². The summed E-state index contributed by atoms with van der Waals surface area (Å²) >= 11 is 0. The van der Waals surface area contributed by atoms with Gasteiger partial charge in [0.05, 0.1) is 5.92 Å². The van der Waals surface area contributed by atoms with Gasteiger partial charge in [0, 0.05) is 18.3 Å². The second kappa shape index (κ2) is 4.02. The Morgan fingerprint density at radius 2 is 2.54 bits per heavy atom. The van der Waals surface area contributed by atoms with E-state index in [1.165, 1.54) is 6.20 Å². The molecule has 13 heavy (non-hydrogen) atoms. The summed E-state index contributed by atoms with van der Waals surface area (Å²) in [5, 5.41) is 8.60. The second-order valence-electron chi connectivity index (χ2n) is 2.93. The highest BCUT2D eigenvalue weighted by molar-refractivity contribution is 5.69. The predicted molar refractivity (Wildman–Crippen MR) is 43.9 cm³/mol. The van der Waals surface area contributed by atoms with Crippen molar-refractivity contribution in [1.29, 1.82) is 0 Å². The van der Waals surface area contributed by atoms with Gasteiger partial charge in [0.15, 0.2) is 0 Å². The maximum absolute atomic E-state index is 12.0. The van der Waals surface area contributed by atoms with Crippen LogP contribution in [0, 0.1) is 5.92 Å². The average molecular weight is 186 g/mol. The minimum absolute atomic E-state index is 0.243. The molecule has 0 aliphatic carbocycles. The molecule has 0 aliphatic heterocycles. The highest BCUT2D eigenvalue weighted by atomic mass is 19.1. The molecule has 1 aromatic heterocycles. The molecule has 0 aliphatic rings. The number of H-pyrrole nitrogens is 1. The summed E-state index contributed by atoms with van der Waals surface area (Å²) in [5.74, 6) is -1.10. The number of hydrogen-bond acceptors (Lipinski definition) is 2. The van der Waals surface area contributed by atoms with E-state index in [-0.39, 0.29) is 5.82 Å². The summed E-state index contributed by atoms with van der Waals surface area (Å²) in [5.41, 5.74) is 0.655. The third-order valence-corrected chi connectivity index (χ3v) is 1.76. The number of nitrogens with one attached hydrogen (secondary N) is 1. The molecule has 0 radical (unpaired) electrons. The minimum Gasteiger partial charge on any atom is -0.481 e. The van der Waals surface area contributed by atoms with Crippen molar-refractivity contribution in [3.05, 3.63) is 17.7 Å². The van der Waals surface area contributed by atoms with E-state index < -0.39 is 18.6 Å². The molecule has 0 aromatic carbocycles. The van der Waals surface area contributed by atoms with E-state index in [0.29, 0.717) is 12.1 Å². The molecule has 4 nitrogen and oxygen atoms in total. The number of aromatic nitrogens is 2. The molecule has 1 rings (SSSR count). The Balaban J connectivity index is 2.58. The molecule has 0 amide bonds. The summed E-state index contributed by atoms with van der Waals surface area (Å²) in [7, 11) is 0. The predicted octanol–water partition coefficient (Wildman–Crippen LogP) is 1.14. The van der Waals surface area contributed by atoms with Crippen LogP contribution in [-0.4, -0.2) is 21.0 Å². The van der Waals surface area contributed by atoms with Crippen LogP contribution >= 0.6 is 0 Å². The van der Waals surface area contributed by atoms with Gasteiger partial charge in [-0.05, 0) is 0 Å². The summed E-state index contributed by atoms with van der Waals surface area (Å²) < 4.78 is 12.0. The minimum atomic E-state index is -0.864. The van der Waals surface area contributed by atoms with Crippen molar-refractivity contribution < 1.29 is 14.3 Å². The molecule has 1 unspecified atom stereocenters. The summed E-state index contributed by atoms with van der Waals surface area (Å²) in [6.07, 6.45) is 1.82. The van der Waals surface area contributed by atoms with Gasteiger partial charge in [-0.25, -0.2) is 9.37 Å². The largest absolute Gasteiger partial charge is 0.481 e. The first-order chi connectivity index (χ1) is 6.13. The number of carboxylic acids is 1. The van der Waals surface area contributed by atoms with Crippen molar-refractivity contribution in [3.8, 4) is 0 Å². The molecule has 0 spiro atoms. The third kappa shape index (κ3) is 2.54. The average Bonchev–Trinajstić information content (AvgIpc) is 2.52. The van der Waals surface area contributed by atoms with Crippen LogP contribution in [0.15, 0.2) is 6.20 Å². The van der Waals surface area contributed by atoms with Gasteiger partial charge in [0.2, 0.25) is 0 Å². The molecule has 0 saturated heterocycles. The Bertz CT molecular complexity index is 298. The molecule has 72 valence electrons. The van der Waals surface area contributed by atoms with Crippen LogP contribution in [0.25, 0.3) is 0 Å². The Morgan fingerprint density at radius 3 is 3.00 bits per heavy atom. The molecular formula is C8H11FN2O2. The van der Waals surface area contributed by atoms with Crippen LogP contribution in [0.3, 0.4) is 0 Å². The number of rotatable bonds is 4. The second-order valence-corrected chi connectivity index (χ2v) is 2.93. The van der Waals surface area contributed by atoms with Gasteiger partial charge in [0.25, 0.3) is 0 Å². The Morgan fingerprint density at radius 1 is 1.85 bits per heavy atom. The molecule has 1 aromatic rings. The van der Waals surface area contributed by atoms with Gasteiger partial charge in [-0.3, -0.25) is 4.79 Å². The molecule has 0 saturated carbocycles. The van der Waals surface area contributed by atoms with E-state index in [1.807, 2.05) is 0 Å². The standard InChI is InChI=1S/C8H11FN2O2/c1-5(8(12)13)2-6-4-10-7(3-9)11-6/h4-5H,2-3H2,1H3,(H,10,11)(H,12,13). The number of aromatic amines is 1. The monoisotopic (exact) mass is 186 g/mol. The fourth-order valence-electron chi connectivity index (χ4n) is 0.995. The first kappa shape index (κ1) is 9.70. The fourth-order valence-corrected chi connectivity index (χ4v) is 0.995. The van der Waals surface area contributed by atoms with Crippen LogP contribution in [0.5, 0.6) is 0 Å². The first-order valence-electron chi connectivity index (χ1n) is 3.95. The van der Waals surface area contributed by atoms with Crippen molar-refractivity contribution in [1.82, 2.24) is 9.97 Å². The van der Waals surface area contributed by atoms with Gasteiger partial charge in [-0.15, -0.1) is 0 Å². The van der Waals surface area contributed by atoms with Crippen molar-refractivity contribution in [3.63, 3.8) is 0 Å². The van der Waals surface area contributed by atoms with E-state index in [1.54, 1.807) is 6.92 Å². The lowest BCUT2D eigenvalue weighted by Crippen LogP contribution is -2.12. The van der Waals surface area contributed by atoms with Crippen molar-refractivity contribution in [2.45, 2.75) is 20.0 Å². The SMILES string of the molecule is CC(Cc1cnc(CF)[nH]1)C(=O)O. The number of alkyl halides is 1. The summed E-state index contributed by atoms with van der Waals surface area (Å²) in [4.78, 5) is 16.9. The zero-order valence-corrected chi connectivity index (χ0v) is 7.25. The van der Waals surface area contributed by atoms with Crippen LogP contribution < -0.4 is 0 Å². The topological polar surface area (TPSA) is 66.0 Å². The van der Waals surface area contributed by atoms with Crippen LogP contribution in [0.2, 0.25) is 0 Å². The molecule has 5 heteroatoms. The maximum Gasteiger partial charge on any atom is 0.306 e. The number of nitrogens with zero attached hydrogens (tertiary/aromatic N) is 1. The van der Waals surface area contributed by atoms with Crippen LogP contribution in [0.1, 0.15) is 18.4 Å². The lowest BCUT2D eigenvalue weighted by molar-refractivity contribution is -0.141. The fraction of sp³-hybridized carbons (Fsp3) is 0.500. The smallest absolute Gasteiger partial charge is 0.306 e. The normalized spacial score (nSPS) is 12.8. The Kier molecular flexibility index (Phi) is 3.00. The zero-order valence-electron chi connectivity index (χ0n) is 7.25. The van der Waals surface area contributed by atoms with E-state index in [0.717, 1.165) is 0 Å². The molecule has 0 bridgehead atoms. The number of imidazole rings is 1. The quantitative estimate of drug-likeness (QED) is 0.741. The van der Waals surface area contributed by atoms with E-state index >= 15 is 0 Å². The van der Waals surface area contributed by atoms with Crippen molar-refractivity contribution in [2.24, 2.45) is 5.92 Å². The lowest BCUT2D eigenvalue weighted by Gasteiger charge is -2.02.